The zero-order valence-electron chi connectivity index (χ0n) is 8.22. The van der Waals surface area contributed by atoms with E-state index < -0.39 is 0 Å². The van der Waals surface area contributed by atoms with Crippen molar-refractivity contribution >= 4 is 21.7 Å². The number of rotatable bonds is 4. The van der Waals surface area contributed by atoms with Crippen LogP contribution >= 0.6 is 15.9 Å². The van der Waals surface area contributed by atoms with E-state index >= 15 is 0 Å². The lowest BCUT2D eigenvalue weighted by Crippen LogP contribution is -2.13. The molecule has 0 radical (unpaired) electrons. The number of H-pyrrole nitrogens is 1. The highest BCUT2D eigenvalue weighted by Gasteiger charge is 2.26. The molecule has 1 aliphatic carbocycles. The third kappa shape index (κ3) is 2.92. The number of aromatic amines is 1. The average Bonchev–Trinajstić information content (AvgIpc) is 2.97. The lowest BCUT2D eigenvalue weighted by atomic mass is 10.4. The summed E-state index contributed by atoms with van der Waals surface area (Å²) in [7, 11) is 0. The Bertz CT molecular complexity index is 437. The Balaban J connectivity index is 2.15. The molecule has 1 aromatic rings. The molecule has 0 unspecified atom stereocenters. The third-order valence-corrected chi connectivity index (χ3v) is 2.47. The van der Waals surface area contributed by atoms with Crippen molar-refractivity contribution in [1.82, 2.24) is 9.97 Å². The number of hydrogen-bond acceptors (Lipinski definition) is 3. The van der Waals surface area contributed by atoms with Crippen LogP contribution < -0.4 is 10.9 Å². The van der Waals surface area contributed by atoms with Gasteiger partial charge in [-0.25, -0.2) is 4.98 Å². The summed E-state index contributed by atoms with van der Waals surface area (Å²) in [5.41, 5.74) is -0.102. The van der Waals surface area contributed by atoms with E-state index in [9.17, 15) is 4.79 Å². The molecule has 1 heterocycles. The maximum absolute atomic E-state index is 11.3. The van der Waals surface area contributed by atoms with Crippen molar-refractivity contribution < 1.29 is 0 Å². The number of anilines is 1. The smallest absolute Gasteiger partial charge is 0.252 e. The summed E-state index contributed by atoms with van der Waals surface area (Å²) in [6.07, 6.45) is 2.25. The van der Waals surface area contributed by atoms with E-state index in [1.165, 1.54) is 6.07 Å². The van der Waals surface area contributed by atoms with Crippen LogP contribution in [0.3, 0.4) is 0 Å². The van der Waals surface area contributed by atoms with Gasteiger partial charge < -0.3 is 10.3 Å². The summed E-state index contributed by atoms with van der Waals surface area (Å²) in [4.78, 5) is 18.4. The van der Waals surface area contributed by atoms with Crippen LogP contribution in [0, 0.1) is 0 Å². The van der Waals surface area contributed by atoms with E-state index in [-0.39, 0.29) is 5.56 Å². The van der Waals surface area contributed by atoms with Crippen molar-refractivity contribution in [2.45, 2.75) is 18.8 Å². The van der Waals surface area contributed by atoms with E-state index in [0.29, 0.717) is 18.3 Å². The molecular formula is C10H12BrN3O. The van der Waals surface area contributed by atoms with Gasteiger partial charge in [0, 0.05) is 23.0 Å². The second kappa shape index (κ2) is 4.18. The molecule has 0 amide bonds. The molecule has 15 heavy (non-hydrogen) atoms. The molecule has 0 spiro atoms. The number of nitrogens with one attached hydrogen (secondary N) is 2. The Morgan fingerprint density at radius 2 is 2.47 bits per heavy atom. The number of halogens is 1. The van der Waals surface area contributed by atoms with Crippen LogP contribution in [0.25, 0.3) is 0 Å². The molecule has 1 aliphatic rings. The van der Waals surface area contributed by atoms with Crippen molar-refractivity contribution in [3.8, 4) is 0 Å². The molecule has 5 heteroatoms. The molecule has 1 saturated carbocycles. The first-order chi connectivity index (χ1) is 7.15. The Morgan fingerprint density at radius 1 is 1.73 bits per heavy atom. The van der Waals surface area contributed by atoms with E-state index in [1.807, 2.05) is 0 Å². The fourth-order valence-electron chi connectivity index (χ4n) is 1.30. The normalized spacial score (nSPS) is 15.0. The monoisotopic (exact) mass is 269 g/mol. The maximum Gasteiger partial charge on any atom is 0.252 e. The van der Waals surface area contributed by atoms with Crippen LogP contribution in [0.4, 0.5) is 5.82 Å². The van der Waals surface area contributed by atoms with Gasteiger partial charge in [0.2, 0.25) is 0 Å². The van der Waals surface area contributed by atoms with Gasteiger partial charge in [0.25, 0.3) is 5.56 Å². The van der Waals surface area contributed by atoms with Gasteiger partial charge >= 0.3 is 0 Å². The van der Waals surface area contributed by atoms with Crippen LogP contribution in [0.15, 0.2) is 21.9 Å². The molecule has 2 N–H and O–H groups in total. The molecule has 80 valence electrons. The lowest BCUT2D eigenvalue weighted by molar-refractivity contribution is 0.908. The molecule has 4 nitrogen and oxygen atoms in total. The second-order valence-corrected chi connectivity index (χ2v) is 4.78. The van der Waals surface area contributed by atoms with Crippen LogP contribution in [0.2, 0.25) is 0 Å². The minimum atomic E-state index is -0.102. The van der Waals surface area contributed by atoms with Gasteiger partial charge in [-0.2, -0.15) is 0 Å². The summed E-state index contributed by atoms with van der Waals surface area (Å²) in [6.45, 7) is 4.27. The second-order valence-electron chi connectivity index (χ2n) is 3.66. The molecule has 0 aliphatic heterocycles. The van der Waals surface area contributed by atoms with Gasteiger partial charge in [-0.15, -0.1) is 0 Å². The van der Waals surface area contributed by atoms with Crippen molar-refractivity contribution in [2.75, 3.05) is 11.9 Å². The first kappa shape index (κ1) is 10.4. The summed E-state index contributed by atoms with van der Waals surface area (Å²) >= 11 is 3.24. The summed E-state index contributed by atoms with van der Waals surface area (Å²) < 4.78 is 0.831. The zero-order valence-corrected chi connectivity index (χ0v) is 9.80. The topological polar surface area (TPSA) is 57.8 Å². The Labute approximate surface area is 95.9 Å². The first-order valence-corrected chi connectivity index (χ1v) is 5.63. The van der Waals surface area contributed by atoms with Gasteiger partial charge in [-0.3, -0.25) is 4.79 Å². The van der Waals surface area contributed by atoms with Crippen molar-refractivity contribution in [3.63, 3.8) is 0 Å². The lowest BCUT2D eigenvalue weighted by Gasteiger charge is -2.05. The Kier molecular flexibility index (Phi) is 2.90. The molecule has 0 saturated heterocycles. The molecule has 0 atom stereocenters. The van der Waals surface area contributed by atoms with Crippen molar-refractivity contribution in [2.24, 2.45) is 0 Å². The van der Waals surface area contributed by atoms with Gasteiger partial charge in [0.15, 0.2) is 0 Å². The number of aromatic nitrogens is 2. The fraction of sp³-hybridized carbons (Fsp3) is 0.400. The first-order valence-electron chi connectivity index (χ1n) is 4.83. The highest BCUT2D eigenvalue weighted by Crippen LogP contribution is 2.37. The van der Waals surface area contributed by atoms with Gasteiger partial charge in [0.05, 0.1) is 0 Å². The number of hydrogen-bond donors (Lipinski definition) is 2. The predicted octanol–water partition coefficient (Wildman–Crippen LogP) is 1.97. The van der Waals surface area contributed by atoms with Crippen molar-refractivity contribution in [1.29, 1.82) is 0 Å². The average molecular weight is 270 g/mol. The van der Waals surface area contributed by atoms with E-state index in [1.54, 1.807) is 0 Å². The van der Waals surface area contributed by atoms with Gasteiger partial charge in [-0.1, -0.05) is 22.5 Å². The molecule has 0 bridgehead atoms. The van der Waals surface area contributed by atoms with Crippen LogP contribution in [-0.4, -0.2) is 16.5 Å². The summed E-state index contributed by atoms with van der Waals surface area (Å²) in [5.74, 6) is 1.86. The Hall–Kier alpha value is -1.10. The van der Waals surface area contributed by atoms with E-state index in [2.05, 4.69) is 37.8 Å². The highest BCUT2D eigenvalue weighted by molar-refractivity contribution is 9.11. The maximum atomic E-state index is 11.3. The zero-order chi connectivity index (χ0) is 10.8. The quantitative estimate of drug-likeness (QED) is 0.879. The molecule has 1 fully saturated rings. The summed E-state index contributed by atoms with van der Waals surface area (Å²) in [5, 5.41) is 3.03. The SMILES string of the molecule is C=C(Br)CNc1cc(=O)[nH]c(C2CC2)n1. The fourth-order valence-corrected chi connectivity index (χ4v) is 1.44. The van der Waals surface area contributed by atoms with E-state index in [4.69, 9.17) is 0 Å². The molecule has 0 aromatic carbocycles. The third-order valence-electron chi connectivity index (χ3n) is 2.19. The van der Waals surface area contributed by atoms with E-state index in [0.717, 1.165) is 23.1 Å². The predicted molar refractivity (Wildman–Crippen MR) is 63.4 cm³/mol. The standard InChI is InChI=1S/C10H12BrN3O/c1-6(11)5-12-8-4-9(15)14-10(13-8)7-2-3-7/h4,7H,1-3,5H2,(H2,12,13,14,15). The van der Waals surface area contributed by atoms with Crippen molar-refractivity contribution in [3.05, 3.63) is 33.3 Å². The largest absolute Gasteiger partial charge is 0.365 e. The molecule has 2 rings (SSSR count). The van der Waals surface area contributed by atoms with Crippen LogP contribution in [-0.2, 0) is 0 Å². The van der Waals surface area contributed by atoms with Crippen LogP contribution in [0.5, 0.6) is 0 Å². The Morgan fingerprint density at radius 3 is 3.07 bits per heavy atom. The highest BCUT2D eigenvalue weighted by atomic mass is 79.9. The van der Waals surface area contributed by atoms with Gasteiger partial charge in [-0.05, 0) is 12.8 Å². The van der Waals surface area contributed by atoms with Gasteiger partial charge in [0.1, 0.15) is 11.6 Å². The minimum Gasteiger partial charge on any atom is -0.365 e. The molecule has 1 aromatic heterocycles. The minimum absolute atomic E-state index is 0.102. The summed E-state index contributed by atoms with van der Waals surface area (Å²) in [6, 6.07) is 1.46. The van der Waals surface area contributed by atoms with Crippen LogP contribution in [0.1, 0.15) is 24.6 Å². The number of nitrogens with zero attached hydrogens (tertiary/aromatic N) is 1. The molecular weight excluding hydrogens is 258 g/mol.